The van der Waals surface area contributed by atoms with Crippen LogP contribution in [0.4, 0.5) is 11.4 Å². The molecule has 6 rings (SSSR count). The molecule has 2 unspecified atom stereocenters. The van der Waals surface area contributed by atoms with Gasteiger partial charge in [-0.3, -0.25) is 14.6 Å². The van der Waals surface area contributed by atoms with Gasteiger partial charge in [-0.05, 0) is 47.8 Å². The minimum absolute atomic E-state index is 0.0137. The third-order valence-corrected chi connectivity index (χ3v) is 6.96. The molecular weight excluding hydrogens is 424 g/mol. The molecule has 170 valence electrons. The monoisotopic (exact) mass is 449 g/mol. The van der Waals surface area contributed by atoms with Crippen LogP contribution in [0.3, 0.4) is 0 Å². The third-order valence-electron chi connectivity index (χ3n) is 6.96. The average molecular weight is 449 g/mol. The summed E-state index contributed by atoms with van der Waals surface area (Å²) in [6.45, 7) is 5.71. The van der Waals surface area contributed by atoms with Crippen molar-refractivity contribution in [3.8, 4) is 0 Å². The zero-order valence-electron chi connectivity index (χ0n) is 18.5. The Morgan fingerprint density at radius 2 is 2.15 bits per heavy atom. The van der Waals surface area contributed by atoms with Crippen LogP contribution in [-0.2, 0) is 19.7 Å². The molecule has 2 amide bonds. The van der Waals surface area contributed by atoms with E-state index in [1.807, 2.05) is 38.2 Å². The first-order chi connectivity index (χ1) is 15.8. The van der Waals surface area contributed by atoms with Crippen molar-refractivity contribution in [2.45, 2.75) is 31.3 Å². The molecular formula is C22H25N8O3+. The van der Waals surface area contributed by atoms with Crippen molar-refractivity contribution in [2.75, 3.05) is 36.9 Å². The molecule has 11 nitrogen and oxygen atoms in total. The lowest BCUT2D eigenvalue weighted by Crippen LogP contribution is -2.59. The van der Waals surface area contributed by atoms with E-state index in [0.717, 1.165) is 29.9 Å². The molecule has 5 aliphatic heterocycles. The molecule has 2 atom stereocenters. The quantitative estimate of drug-likeness (QED) is 0.580. The number of carbonyl (C=O) groups is 2. The van der Waals surface area contributed by atoms with Gasteiger partial charge in [0.2, 0.25) is 11.8 Å². The number of fused-ring (bicyclic) bond motifs is 2. The Balaban J connectivity index is 1.27. The topological polar surface area (TPSA) is 120 Å². The number of anilines is 2. The van der Waals surface area contributed by atoms with Gasteiger partial charge in [-0.2, -0.15) is 0 Å². The summed E-state index contributed by atoms with van der Waals surface area (Å²) in [5.41, 5.74) is 1.57. The van der Waals surface area contributed by atoms with E-state index in [9.17, 15) is 9.59 Å². The van der Waals surface area contributed by atoms with E-state index in [-0.39, 0.29) is 23.1 Å². The smallest absolute Gasteiger partial charge is 0.301 e. The van der Waals surface area contributed by atoms with Crippen molar-refractivity contribution in [1.29, 1.82) is 0 Å². The fourth-order valence-corrected chi connectivity index (χ4v) is 4.95. The Bertz CT molecular complexity index is 1190. The van der Waals surface area contributed by atoms with Gasteiger partial charge in [0.05, 0.1) is 24.7 Å². The van der Waals surface area contributed by atoms with Crippen LogP contribution in [0.15, 0.2) is 45.7 Å². The molecule has 0 aliphatic carbocycles. The van der Waals surface area contributed by atoms with Crippen LogP contribution in [0.2, 0.25) is 0 Å². The van der Waals surface area contributed by atoms with E-state index in [4.69, 9.17) is 14.8 Å². The Morgan fingerprint density at radius 1 is 1.27 bits per heavy atom. The number of nitrogens with one attached hydrogen (secondary N) is 3. The van der Waals surface area contributed by atoms with Crippen LogP contribution in [0.5, 0.6) is 0 Å². The summed E-state index contributed by atoms with van der Waals surface area (Å²) in [4.78, 5) is 32.8. The highest BCUT2D eigenvalue weighted by atomic mass is 16.5. The number of morpholine rings is 1. The van der Waals surface area contributed by atoms with E-state index in [0.29, 0.717) is 24.9 Å². The van der Waals surface area contributed by atoms with E-state index in [1.54, 1.807) is 12.4 Å². The number of quaternary nitrogens is 1. The molecule has 1 aromatic rings. The molecule has 33 heavy (non-hydrogen) atoms. The zero-order valence-corrected chi connectivity index (χ0v) is 18.5. The van der Waals surface area contributed by atoms with Gasteiger partial charge in [0.15, 0.2) is 6.20 Å². The number of guanidine groups is 1. The molecule has 5 heterocycles. The predicted octanol–water partition coefficient (Wildman–Crippen LogP) is 0.890. The van der Waals surface area contributed by atoms with Crippen LogP contribution in [0, 0.1) is 0 Å². The van der Waals surface area contributed by atoms with Gasteiger partial charge in [-0.25, -0.2) is 0 Å². The standard InChI is InChI=1S/C22H24N8O3/c1-21(2)15-4-3-14(9-16(15)26-19(21)32)25-20-27-17-10-23-6-8-30(17,28-20)29-7-5-22(13-29)12-24-18(31)11-33-22/h3-4,6,8-10H,5,7,11-13H2,1-2H3,(H2-,24,25,26,28,31,32)/p+1. The summed E-state index contributed by atoms with van der Waals surface area (Å²) in [7, 11) is 0. The van der Waals surface area contributed by atoms with Gasteiger partial charge in [0, 0.05) is 17.9 Å². The summed E-state index contributed by atoms with van der Waals surface area (Å²) in [5, 5.41) is 16.2. The largest absolute Gasteiger partial charge is 0.362 e. The molecule has 0 radical (unpaired) electrons. The molecule has 1 aromatic carbocycles. The lowest BCUT2D eigenvalue weighted by Gasteiger charge is -2.36. The van der Waals surface area contributed by atoms with Crippen LogP contribution in [0.1, 0.15) is 25.8 Å². The van der Waals surface area contributed by atoms with Gasteiger partial charge in [0.1, 0.15) is 18.4 Å². The number of rotatable bonds is 2. The molecule has 3 N–H and O–H groups in total. The van der Waals surface area contributed by atoms with Crippen molar-refractivity contribution < 1.29 is 19.0 Å². The lowest BCUT2D eigenvalue weighted by atomic mass is 9.86. The van der Waals surface area contributed by atoms with Crippen molar-refractivity contribution in [2.24, 2.45) is 15.1 Å². The van der Waals surface area contributed by atoms with Crippen molar-refractivity contribution in [3.05, 3.63) is 36.2 Å². The van der Waals surface area contributed by atoms with Gasteiger partial charge in [-0.15, -0.1) is 10.0 Å². The van der Waals surface area contributed by atoms with Crippen molar-refractivity contribution in [3.63, 3.8) is 0 Å². The second kappa shape index (κ2) is 6.80. The lowest BCUT2D eigenvalue weighted by molar-refractivity contribution is -0.915. The predicted molar refractivity (Wildman–Crippen MR) is 122 cm³/mol. The van der Waals surface area contributed by atoms with E-state index in [1.165, 1.54) is 0 Å². The van der Waals surface area contributed by atoms with Crippen LogP contribution < -0.4 is 16.0 Å². The average Bonchev–Trinajstić information content (AvgIpc) is 3.44. The van der Waals surface area contributed by atoms with Crippen molar-refractivity contribution >= 4 is 41.2 Å². The first kappa shape index (κ1) is 20.2. The fourth-order valence-electron chi connectivity index (χ4n) is 4.95. The number of carbonyl (C=O) groups excluding carboxylic acids is 2. The second-order valence-corrected chi connectivity index (χ2v) is 9.47. The van der Waals surface area contributed by atoms with Gasteiger partial charge >= 0.3 is 5.84 Å². The number of benzene rings is 1. The van der Waals surface area contributed by atoms with E-state index in [2.05, 4.69) is 26.0 Å². The summed E-state index contributed by atoms with van der Waals surface area (Å²) >= 11 is 0. The molecule has 0 saturated carbocycles. The van der Waals surface area contributed by atoms with Crippen molar-refractivity contribution in [1.82, 2.24) is 10.3 Å². The summed E-state index contributed by atoms with van der Waals surface area (Å²) in [6.07, 6.45) is 6.09. The highest BCUT2D eigenvalue weighted by Gasteiger charge is 2.54. The zero-order chi connectivity index (χ0) is 22.8. The van der Waals surface area contributed by atoms with Gasteiger partial charge in [0.25, 0.3) is 5.96 Å². The number of amidine groups is 1. The van der Waals surface area contributed by atoms with Crippen LogP contribution in [0.25, 0.3) is 0 Å². The molecule has 1 spiro atoms. The minimum Gasteiger partial charge on any atom is -0.362 e. The minimum atomic E-state index is -0.553. The number of aliphatic imine (C=N–C) groups is 2. The Labute approximate surface area is 190 Å². The highest BCUT2D eigenvalue weighted by Crippen LogP contribution is 2.39. The number of amides is 2. The van der Waals surface area contributed by atoms with Crippen LogP contribution in [-0.4, -0.2) is 71.4 Å². The maximum atomic E-state index is 12.3. The molecule has 2 fully saturated rings. The Hall–Kier alpha value is -3.41. The maximum Gasteiger partial charge on any atom is 0.301 e. The molecule has 5 aliphatic rings. The van der Waals surface area contributed by atoms with Crippen LogP contribution >= 0.6 is 0 Å². The van der Waals surface area contributed by atoms with Gasteiger partial charge in [-0.1, -0.05) is 6.07 Å². The molecule has 11 heteroatoms. The first-order valence-electron chi connectivity index (χ1n) is 11.0. The molecule has 0 bridgehead atoms. The number of ether oxygens (including phenoxy) is 1. The summed E-state index contributed by atoms with van der Waals surface area (Å²) < 4.78 is 6.00. The molecule has 0 aromatic heterocycles. The third kappa shape index (κ3) is 3.04. The summed E-state index contributed by atoms with van der Waals surface area (Å²) in [5.74, 6) is 1.02. The van der Waals surface area contributed by atoms with Gasteiger partial charge < -0.3 is 20.7 Å². The first-order valence-corrected chi connectivity index (χ1v) is 11.0. The number of nitrogens with zero attached hydrogens (tertiary/aromatic N) is 5. The SMILES string of the molecule is CC1(C)C(=O)Nc2cc(NC3=N[N+]4(N5CCC6(CNC(=O)CO6)C5)C=CN=CC4=N3)ccc21. The van der Waals surface area contributed by atoms with E-state index < -0.39 is 11.0 Å². The van der Waals surface area contributed by atoms with E-state index >= 15 is 0 Å². The summed E-state index contributed by atoms with van der Waals surface area (Å²) in [6, 6.07) is 5.79. The Morgan fingerprint density at radius 3 is 2.97 bits per heavy atom. The molecule has 2 saturated heterocycles. The number of hydrogen-bond donors (Lipinski definition) is 3. The number of hydrogen-bond acceptors (Lipinski definition) is 8. The fraction of sp³-hybridized carbons (Fsp3) is 0.409. The second-order valence-electron chi connectivity index (χ2n) is 9.47. The normalized spacial score (nSPS) is 31.7. The maximum absolute atomic E-state index is 12.3. The Kier molecular flexibility index (Phi) is 4.16. The highest BCUT2D eigenvalue weighted by molar-refractivity contribution is 6.30.